The summed E-state index contributed by atoms with van der Waals surface area (Å²) in [7, 11) is 0. The Kier molecular flexibility index (Phi) is 3.63. The smallest absolute Gasteiger partial charge is 0.225 e. The second-order valence-corrected chi connectivity index (χ2v) is 6.67. The van der Waals surface area contributed by atoms with Crippen LogP contribution in [-0.4, -0.2) is 60.7 Å². The van der Waals surface area contributed by atoms with Crippen molar-refractivity contribution >= 4 is 22.9 Å². The van der Waals surface area contributed by atoms with Crippen molar-refractivity contribution in [1.82, 2.24) is 34.9 Å². The zero-order chi connectivity index (χ0) is 17.5. The van der Waals surface area contributed by atoms with Crippen LogP contribution in [0.15, 0.2) is 18.5 Å². The molecule has 134 valence electrons. The normalized spacial score (nSPS) is 20.6. The van der Waals surface area contributed by atoms with Crippen molar-refractivity contribution in [2.45, 2.75) is 31.4 Å². The average Bonchev–Trinajstić information content (AvgIpc) is 3.45. The van der Waals surface area contributed by atoms with Gasteiger partial charge in [-0.05, 0) is 18.9 Å². The van der Waals surface area contributed by atoms with Crippen LogP contribution in [0.5, 0.6) is 0 Å². The maximum atomic E-state index is 6.04. The van der Waals surface area contributed by atoms with Gasteiger partial charge in [0.15, 0.2) is 17.0 Å². The van der Waals surface area contributed by atoms with Crippen LogP contribution in [0.2, 0.25) is 0 Å². The number of morpholine rings is 1. The van der Waals surface area contributed by atoms with Crippen molar-refractivity contribution in [1.29, 1.82) is 0 Å². The fourth-order valence-electron chi connectivity index (χ4n) is 3.20. The summed E-state index contributed by atoms with van der Waals surface area (Å²) >= 11 is 0. The van der Waals surface area contributed by atoms with E-state index in [0.29, 0.717) is 48.5 Å². The van der Waals surface area contributed by atoms with Crippen LogP contribution >= 0.6 is 0 Å². The molecule has 3 aromatic rings. The highest BCUT2D eigenvalue weighted by Gasteiger charge is 2.29. The monoisotopic (exact) mass is 353 g/mol. The molecule has 2 fully saturated rings. The molecule has 0 radical (unpaired) electrons. The molecule has 2 aliphatic rings. The third-order valence-corrected chi connectivity index (χ3v) is 4.70. The maximum Gasteiger partial charge on any atom is 0.225 e. The second kappa shape index (κ2) is 6.13. The minimum absolute atomic E-state index is 0.0574. The highest BCUT2D eigenvalue weighted by atomic mass is 16.5. The first kappa shape index (κ1) is 15.4. The van der Waals surface area contributed by atoms with Gasteiger partial charge >= 0.3 is 0 Å². The van der Waals surface area contributed by atoms with Crippen LogP contribution in [0.4, 0.5) is 11.8 Å². The molecule has 5 rings (SSSR count). The first-order chi connectivity index (χ1) is 12.8. The molecule has 0 spiro atoms. The molecule has 1 aliphatic heterocycles. The minimum Gasteiger partial charge on any atom is -0.382 e. The van der Waals surface area contributed by atoms with Gasteiger partial charge < -0.3 is 15.4 Å². The van der Waals surface area contributed by atoms with Crippen LogP contribution in [0.3, 0.4) is 0 Å². The summed E-state index contributed by atoms with van der Waals surface area (Å²) in [6.45, 7) is 2.60. The lowest BCUT2D eigenvalue weighted by molar-refractivity contribution is 0.0272. The van der Waals surface area contributed by atoms with Gasteiger partial charge in [-0.25, -0.2) is 24.6 Å². The van der Waals surface area contributed by atoms with E-state index >= 15 is 0 Å². The molecule has 0 aromatic carbocycles. The third kappa shape index (κ3) is 2.81. The van der Waals surface area contributed by atoms with Crippen molar-refractivity contribution in [3.8, 4) is 0 Å². The Bertz CT molecular complexity index is 924. The number of hydrogen-bond donors (Lipinski definition) is 1. The van der Waals surface area contributed by atoms with Crippen molar-refractivity contribution in [3.63, 3.8) is 0 Å². The van der Waals surface area contributed by atoms with E-state index in [-0.39, 0.29) is 6.10 Å². The summed E-state index contributed by atoms with van der Waals surface area (Å²) in [5.74, 6) is 2.32. The van der Waals surface area contributed by atoms with Gasteiger partial charge in [0.25, 0.3) is 0 Å². The largest absolute Gasteiger partial charge is 0.382 e. The number of nitrogens with two attached hydrogens (primary N) is 1. The van der Waals surface area contributed by atoms with Crippen LogP contribution in [-0.2, 0) is 11.3 Å². The summed E-state index contributed by atoms with van der Waals surface area (Å²) in [5.41, 5.74) is 7.27. The molecule has 0 bridgehead atoms. The number of nitrogen functional groups attached to an aromatic ring is 1. The SMILES string of the molecule is Nc1nc(C2CC2)nc2c1nnn2C[C@H]1CN(c2ncccn2)CCO1. The Hall–Kier alpha value is -2.88. The molecule has 3 aromatic heterocycles. The molecule has 2 N–H and O–H groups in total. The summed E-state index contributed by atoms with van der Waals surface area (Å²) in [6, 6.07) is 1.81. The standard InChI is InChI=1S/C16H19N9O/c17-13-12-15(21-14(20-13)10-2-3-10)25(23-22-12)9-11-8-24(6-7-26-11)16-18-4-1-5-19-16/h1,4-5,10-11H,2-3,6-9H2,(H2,17,20,21)/t11-/m1/s1. The number of nitrogens with zero attached hydrogens (tertiary/aromatic N) is 8. The van der Waals surface area contributed by atoms with Crippen LogP contribution in [0, 0.1) is 0 Å². The topological polar surface area (TPSA) is 121 Å². The lowest BCUT2D eigenvalue weighted by Gasteiger charge is -2.32. The number of anilines is 2. The molecule has 1 atom stereocenters. The van der Waals surface area contributed by atoms with Gasteiger partial charge in [-0.3, -0.25) is 0 Å². The Morgan fingerprint density at radius 1 is 1.19 bits per heavy atom. The van der Waals surface area contributed by atoms with E-state index in [0.717, 1.165) is 25.2 Å². The number of rotatable bonds is 4. The fourth-order valence-corrected chi connectivity index (χ4v) is 3.20. The zero-order valence-electron chi connectivity index (χ0n) is 14.2. The first-order valence-corrected chi connectivity index (χ1v) is 8.78. The van der Waals surface area contributed by atoms with Crippen molar-refractivity contribution in [3.05, 3.63) is 24.3 Å². The molecule has 1 saturated carbocycles. The van der Waals surface area contributed by atoms with E-state index in [9.17, 15) is 0 Å². The van der Waals surface area contributed by atoms with E-state index in [1.807, 2.05) is 6.07 Å². The molecule has 26 heavy (non-hydrogen) atoms. The molecule has 10 heteroatoms. The van der Waals surface area contributed by atoms with Gasteiger partial charge in [-0.2, -0.15) is 0 Å². The van der Waals surface area contributed by atoms with Gasteiger partial charge in [-0.1, -0.05) is 5.21 Å². The van der Waals surface area contributed by atoms with E-state index in [2.05, 4.69) is 35.1 Å². The van der Waals surface area contributed by atoms with Gasteiger partial charge in [0.2, 0.25) is 5.95 Å². The molecule has 1 saturated heterocycles. The summed E-state index contributed by atoms with van der Waals surface area (Å²) in [6.07, 6.45) is 5.67. The molecule has 10 nitrogen and oxygen atoms in total. The van der Waals surface area contributed by atoms with Crippen LogP contribution in [0.1, 0.15) is 24.6 Å². The predicted molar refractivity (Wildman–Crippen MR) is 93.5 cm³/mol. The van der Waals surface area contributed by atoms with E-state index in [1.54, 1.807) is 17.1 Å². The van der Waals surface area contributed by atoms with Gasteiger partial charge in [0.1, 0.15) is 5.82 Å². The summed E-state index contributed by atoms with van der Waals surface area (Å²) < 4.78 is 7.67. The van der Waals surface area contributed by atoms with Crippen molar-refractivity contribution in [2.75, 3.05) is 30.3 Å². The first-order valence-electron chi connectivity index (χ1n) is 8.78. The van der Waals surface area contributed by atoms with Crippen molar-refractivity contribution < 1.29 is 4.74 Å². The lowest BCUT2D eigenvalue weighted by Crippen LogP contribution is -2.45. The van der Waals surface area contributed by atoms with Gasteiger partial charge in [0, 0.05) is 31.4 Å². The number of aromatic nitrogens is 7. The Balaban J connectivity index is 1.39. The molecular formula is C16H19N9O. The third-order valence-electron chi connectivity index (χ3n) is 4.70. The molecular weight excluding hydrogens is 334 g/mol. The highest BCUT2D eigenvalue weighted by Crippen LogP contribution is 2.38. The Morgan fingerprint density at radius 3 is 2.85 bits per heavy atom. The number of hydrogen-bond acceptors (Lipinski definition) is 9. The maximum absolute atomic E-state index is 6.04. The Labute approximate surface area is 149 Å². The van der Waals surface area contributed by atoms with Crippen LogP contribution < -0.4 is 10.6 Å². The fraction of sp³-hybridized carbons (Fsp3) is 0.500. The van der Waals surface area contributed by atoms with E-state index in [1.165, 1.54) is 0 Å². The molecule has 0 amide bonds. The lowest BCUT2D eigenvalue weighted by atomic mass is 10.2. The minimum atomic E-state index is -0.0574. The zero-order valence-corrected chi connectivity index (χ0v) is 14.2. The van der Waals surface area contributed by atoms with E-state index in [4.69, 9.17) is 10.5 Å². The number of fused-ring (bicyclic) bond motifs is 1. The molecule has 1 aliphatic carbocycles. The number of ether oxygens (including phenoxy) is 1. The van der Waals surface area contributed by atoms with E-state index < -0.39 is 0 Å². The second-order valence-electron chi connectivity index (χ2n) is 6.67. The average molecular weight is 353 g/mol. The Morgan fingerprint density at radius 2 is 2.04 bits per heavy atom. The summed E-state index contributed by atoms with van der Waals surface area (Å²) in [5, 5.41) is 8.37. The van der Waals surface area contributed by atoms with Crippen LogP contribution in [0.25, 0.3) is 11.2 Å². The molecule has 4 heterocycles. The quantitative estimate of drug-likeness (QED) is 0.709. The van der Waals surface area contributed by atoms with Gasteiger partial charge in [-0.15, -0.1) is 5.10 Å². The predicted octanol–water partition coefficient (Wildman–Crippen LogP) is 0.376. The summed E-state index contributed by atoms with van der Waals surface area (Å²) in [4.78, 5) is 19.8. The molecule has 0 unspecified atom stereocenters. The van der Waals surface area contributed by atoms with Gasteiger partial charge in [0.05, 0.1) is 19.3 Å². The van der Waals surface area contributed by atoms with Crippen molar-refractivity contribution in [2.24, 2.45) is 0 Å². The highest BCUT2D eigenvalue weighted by molar-refractivity contribution is 5.80.